The molecule has 1 N–H and O–H groups in total. The molecule has 98 valence electrons. The van der Waals surface area contributed by atoms with Gasteiger partial charge in [0.1, 0.15) is 0 Å². The first-order valence-electron chi connectivity index (χ1n) is 6.32. The fourth-order valence-electron chi connectivity index (χ4n) is 1.98. The number of amides is 1. The van der Waals surface area contributed by atoms with Gasteiger partial charge in [0.15, 0.2) is 0 Å². The highest BCUT2D eigenvalue weighted by atomic mass is 35.5. The molecule has 0 spiro atoms. The van der Waals surface area contributed by atoms with Crippen molar-refractivity contribution >= 4 is 17.5 Å². The molecule has 2 rings (SSSR count). The molecular weight excluding hydrogens is 258 g/mol. The topological polar surface area (TPSA) is 29.1 Å². The summed E-state index contributed by atoms with van der Waals surface area (Å²) in [6, 6.07) is 17.0. The van der Waals surface area contributed by atoms with Crippen LogP contribution in [-0.2, 0) is 0 Å². The summed E-state index contributed by atoms with van der Waals surface area (Å²) in [5.74, 6) is -0.0989. The molecule has 3 heteroatoms. The van der Waals surface area contributed by atoms with E-state index < -0.39 is 0 Å². The third-order valence-corrected chi connectivity index (χ3v) is 3.24. The van der Waals surface area contributed by atoms with Crippen LogP contribution in [-0.4, -0.2) is 5.91 Å². The fourth-order valence-corrected chi connectivity index (χ4v) is 2.17. The number of hydrogen-bond acceptors (Lipinski definition) is 1. The quantitative estimate of drug-likeness (QED) is 0.888. The molecule has 0 bridgehead atoms. The van der Waals surface area contributed by atoms with E-state index in [0.29, 0.717) is 10.6 Å². The summed E-state index contributed by atoms with van der Waals surface area (Å²) in [5, 5.41) is 3.60. The summed E-state index contributed by atoms with van der Waals surface area (Å²) in [6.07, 6.45) is 0.844. The lowest BCUT2D eigenvalue weighted by Gasteiger charge is -2.17. The summed E-state index contributed by atoms with van der Waals surface area (Å²) in [7, 11) is 0. The zero-order valence-corrected chi connectivity index (χ0v) is 11.5. The number of halogens is 1. The van der Waals surface area contributed by atoms with Gasteiger partial charge in [-0.1, -0.05) is 54.9 Å². The van der Waals surface area contributed by atoms with Gasteiger partial charge < -0.3 is 5.32 Å². The van der Waals surface area contributed by atoms with Crippen LogP contribution in [0, 0.1) is 0 Å². The Bertz CT molecular complexity index is 554. The van der Waals surface area contributed by atoms with Crippen LogP contribution >= 0.6 is 11.6 Å². The summed E-state index contributed by atoms with van der Waals surface area (Å²) < 4.78 is 0. The molecule has 0 aliphatic rings. The maximum Gasteiger partial charge on any atom is 0.251 e. The van der Waals surface area contributed by atoms with E-state index in [1.54, 1.807) is 24.3 Å². The Balaban J connectivity index is 2.13. The maximum atomic E-state index is 12.2. The van der Waals surface area contributed by atoms with Gasteiger partial charge in [-0.2, -0.15) is 0 Å². The van der Waals surface area contributed by atoms with Gasteiger partial charge in [0.05, 0.1) is 6.04 Å². The molecule has 0 radical (unpaired) electrons. The highest BCUT2D eigenvalue weighted by molar-refractivity contribution is 6.30. The SMILES string of the molecule is CC[C@H](NC(=O)c1cccc(Cl)c1)c1ccccc1. The number of carbonyl (C=O) groups excluding carboxylic acids is 1. The minimum atomic E-state index is -0.0989. The molecule has 1 amide bonds. The van der Waals surface area contributed by atoms with Crippen molar-refractivity contribution < 1.29 is 4.79 Å². The van der Waals surface area contributed by atoms with E-state index in [-0.39, 0.29) is 11.9 Å². The van der Waals surface area contributed by atoms with E-state index in [0.717, 1.165) is 12.0 Å². The summed E-state index contributed by atoms with van der Waals surface area (Å²) in [5.41, 5.74) is 1.70. The Morgan fingerprint density at radius 3 is 2.53 bits per heavy atom. The molecule has 1 atom stereocenters. The monoisotopic (exact) mass is 273 g/mol. The van der Waals surface area contributed by atoms with Crippen LogP contribution in [0.4, 0.5) is 0 Å². The van der Waals surface area contributed by atoms with E-state index in [1.807, 2.05) is 30.3 Å². The molecule has 0 unspecified atom stereocenters. The first-order chi connectivity index (χ1) is 9.20. The fraction of sp³-hybridized carbons (Fsp3) is 0.188. The predicted molar refractivity (Wildman–Crippen MR) is 78.4 cm³/mol. The minimum Gasteiger partial charge on any atom is -0.345 e. The zero-order chi connectivity index (χ0) is 13.7. The van der Waals surface area contributed by atoms with Gasteiger partial charge in [0.2, 0.25) is 0 Å². The van der Waals surface area contributed by atoms with Crippen LogP contribution in [0.15, 0.2) is 54.6 Å². The Hall–Kier alpha value is -1.80. The summed E-state index contributed by atoms with van der Waals surface area (Å²) in [6.45, 7) is 2.05. The third kappa shape index (κ3) is 3.58. The predicted octanol–water partition coefficient (Wildman–Crippen LogP) is 4.22. The zero-order valence-electron chi connectivity index (χ0n) is 10.8. The molecule has 0 aliphatic carbocycles. The van der Waals surface area contributed by atoms with Crippen LogP contribution in [0.2, 0.25) is 5.02 Å². The first-order valence-corrected chi connectivity index (χ1v) is 6.70. The maximum absolute atomic E-state index is 12.2. The van der Waals surface area contributed by atoms with Gasteiger partial charge in [-0.15, -0.1) is 0 Å². The van der Waals surface area contributed by atoms with E-state index in [2.05, 4.69) is 12.2 Å². The lowest BCUT2D eigenvalue weighted by molar-refractivity contribution is 0.0935. The van der Waals surface area contributed by atoms with E-state index in [1.165, 1.54) is 0 Å². The average molecular weight is 274 g/mol. The average Bonchev–Trinajstić information content (AvgIpc) is 2.45. The lowest BCUT2D eigenvalue weighted by atomic mass is 10.0. The summed E-state index contributed by atoms with van der Waals surface area (Å²) in [4.78, 5) is 12.2. The number of rotatable bonds is 4. The van der Waals surface area contributed by atoms with Crippen LogP contribution in [0.3, 0.4) is 0 Å². The van der Waals surface area contributed by atoms with E-state index >= 15 is 0 Å². The lowest BCUT2D eigenvalue weighted by Crippen LogP contribution is -2.28. The Morgan fingerprint density at radius 2 is 1.89 bits per heavy atom. The molecule has 0 heterocycles. The standard InChI is InChI=1S/C16H16ClNO/c1-2-15(12-7-4-3-5-8-12)18-16(19)13-9-6-10-14(17)11-13/h3-11,15H,2H2,1H3,(H,18,19)/t15-/m0/s1. The van der Waals surface area contributed by atoms with Gasteiger partial charge in [0.25, 0.3) is 5.91 Å². The minimum absolute atomic E-state index is 0.0210. The van der Waals surface area contributed by atoms with Crippen molar-refractivity contribution in [3.8, 4) is 0 Å². The first kappa shape index (κ1) is 13.6. The van der Waals surface area contributed by atoms with Crippen molar-refractivity contribution in [1.29, 1.82) is 0 Å². The summed E-state index contributed by atoms with van der Waals surface area (Å²) >= 11 is 5.90. The number of carbonyl (C=O) groups is 1. The second kappa shape index (κ2) is 6.39. The molecule has 0 saturated carbocycles. The molecule has 2 aromatic rings. The van der Waals surface area contributed by atoms with Crippen LogP contribution in [0.25, 0.3) is 0 Å². The van der Waals surface area contributed by atoms with Gasteiger partial charge in [0, 0.05) is 10.6 Å². The van der Waals surface area contributed by atoms with Crippen molar-refractivity contribution in [2.75, 3.05) is 0 Å². The highest BCUT2D eigenvalue weighted by Crippen LogP contribution is 2.17. The van der Waals surface area contributed by atoms with Gasteiger partial charge >= 0.3 is 0 Å². The Morgan fingerprint density at radius 1 is 1.16 bits per heavy atom. The molecule has 0 aliphatic heterocycles. The molecule has 0 saturated heterocycles. The number of benzene rings is 2. The van der Waals surface area contributed by atoms with Crippen LogP contribution in [0.1, 0.15) is 35.3 Å². The Labute approximate surface area is 118 Å². The number of nitrogens with one attached hydrogen (secondary N) is 1. The van der Waals surface area contributed by atoms with Crippen molar-refractivity contribution in [1.82, 2.24) is 5.32 Å². The second-order valence-corrected chi connectivity index (χ2v) is 4.79. The molecule has 19 heavy (non-hydrogen) atoms. The van der Waals surface area contributed by atoms with Gasteiger partial charge in [-0.05, 0) is 30.2 Å². The van der Waals surface area contributed by atoms with E-state index in [4.69, 9.17) is 11.6 Å². The molecule has 2 aromatic carbocycles. The smallest absolute Gasteiger partial charge is 0.251 e. The van der Waals surface area contributed by atoms with Crippen LogP contribution < -0.4 is 5.32 Å². The normalized spacial score (nSPS) is 11.9. The molecular formula is C16H16ClNO. The molecule has 0 fully saturated rings. The number of hydrogen-bond donors (Lipinski definition) is 1. The molecule has 0 aromatic heterocycles. The van der Waals surface area contributed by atoms with Crippen LogP contribution in [0.5, 0.6) is 0 Å². The van der Waals surface area contributed by atoms with Crippen molar-refractivity contribution in [2.45, 2.75) is 19.4 Å². The second-order valence-electron chi connectivity index (χ2n) is 4.36. The highest BCUT2D eigenvalue weighted by Gasteiger charge is 2.13. The van der Waals surface area contributed by atoms with Crippen molar-refractivity contribution in [3.05, 3.63) is 70.7 Å². The van der Waals surface area contributed by atoms with Gasteiger partial charge in [-0.3, -0.25) is 4.79 Å². The molecule has 2 nitrogen and oxygen atoms in total. The third-order valence-electron chi connectivity index (χ3n) is 3.00. The van der Waals surface area contributed by atoms with Gasteiger partial charge in [-0.25, -0.2) is 0 Å². The Kier molecular flexibility index (Phi) is 4.58. The van der Waals surface area contributed by atoms with E-state index in [9.17, 15) is 4.79 Å². The van der Waals surface area contributed by atoms with Crippen molar-refractivity contribution in [2.24, 2.45) is 0 Å². The largest absolute Gasteiger partial charge is 0.345 e. The van der Waals surface area contributed by atoms with Crippen molar-refractivity contribution in [3.63, 3.8) is 0 Å².